The van der Waals surface area contributed by atoms with Crippen LogP contribution in [0, 0.1) is 17.2 Å². The SMILES string of the molecule is N#C[C@@]1(c2ccc(Cl)c(C(F)(F)F)c2)C[C@H]1CO. The van der Waals surface area contributed by atoms with Crippen molar-refractivity contribution in [1.29, 1.82) is 5.26 Å². The Labute approximate surface area is 107 Å². The number of hydrogen-bond acceptors (Lipinski definition) is 2. The van der Waals surface area contributed by atoms with Crippen LogP contribution in [0.25, 0.3) is 0 Å². The largest absolute Gasteiger partial charge is 0.417 e. The fourth-order valence-electron chi connectivity index (χ4n) is 2.13. The molecule has 1 N–H and O–H groups in total. The number of nitrogens with zero attached hydrogens (tertiary/aromatic N) is 1. The maximum Gasteiger partial charge on any atom is 0.417 e. The van der Waals surface area contributed by atoms with Crippen molar-refractivity contribution in [2.75, 3.05) is 6.61 Å². The molecule has 0 aromatic heterocycles. The average molecular weight is 276 g/mol. The van der Waals surface area contributed by atoms with E-state index in [9.17, 15) is 13.2 Å². The van der Waals surface area contributed by atoms with Gasteiger partial charge < -0.3 is 5.11 Å². The van der Waals surface area contributed by atoms with Crippen molar-refractivity contribution in [3.05, 3.63) is 34.3 Å². The second kappa shape index (κ2) is 4.15. The lowest BCUT2D eigenvalue weighted by molar-refractivity contribution is -0.137. The molecule has 0 radical (unpaired) electrons. The molecule has 0 bridgehead atoms. The van der Waals surface area contributed by atoms with Gasteiger partial charge in [0.1, 0.15) is 0 Å². The molecule has 2 nitrogen and oxygen atoms in total. The van der Waals surface area contributed by atoms with Gasteiger partial charge in [-0.2, -0.15) is 18.4 Å². The minimum absolute atomic E-state index is 0.211. The summed E-state index contributed by atoms with van der Waals surface area (Å²) in [6, 6.07) is 5.46. The van der Waals surface area contributed by atoms with Gasteiger partial charge in [0, 0.05) is 12.5 Å². The van der Waals surface area contributed by atoms with Crippen LogP contribution in [0.15, 0.2) is 18.2 Å². The van der Waals surface area contributed by atoms with Crippen molar-refractivity contribution in [2.45, 2.75) is 18.0 Å². The van der Waals surface area contributed by atoms with Crippen molar-refractivity contribution < 1.29 is 18.3 Å². The predicted molar refractivity (Wildman–Crippen MR) is 58.9 cm³/mol. The fourth-order valence-corrected chi connectivity index (χ4v) is 2.35. The molecule has 0 aliphatic heterocycles. The Bertz CT molecular complexity index is 523. The minimum Gasteiger partial charge on any atom is -0.396 e. The van der Waals surface area contributed by atoms with Crippen LogP contribution in [0.4, 0.5) is 13.2 Å². The first kappa shape index (κ1) is 13.2. The molecule has 0 heterocycles. The zero-order valence-electron chi connectivity index (χ0n) is 9.13. The number of aliphatic hydroxyl groups is 1. The fraction of sp³-hybridized carbons (Fsp3) is 0.417. The van der Waals surface area contributed by atoms with Crippen molar-refractivity contribution in [3.63, 3.8) is 0 Å². The summed E-state index contributed by atoms with van der Waals surface area (Å²) in [5.74, 6) is -0.301. The standard InChI is InChI=1S/C12H9ClF3NO/c13-10-2-1-7(3-9(10)12(14,15)16)11(6-17)4-8(11)5-18/h1-3,8,18H,4-5H2/t8-,11+/m0/s1. The first-order chi connectivity index (χ1) is 8.35. The Balaban J connectivity index is 2.47. The lowest BCUT2D eigenvalue weighted by atomic mass is 9.93. The highest BCUT2D eigenvalue weighted by molar-refractivity contribution is 6.31. The molecule has 1 aromatic carbocycles. The Morgan fingerprint density at radius 3 is 2.61 bits per heavy atom. The average Bonchev–Trinajstić information content (AvgIpc) is 3.03. The monoisotopic (exact) mass is 275 g/mol. The van der Waals surface area contributed by atoms with Crippen LogP contribution in [0.5, 0.6) is 0 Å². The van der Waals surface area contributed by atoms with Crippen LogP contribution in [0.2, 0.25) is 5.02 Å². The lowest BCUT2D eigenvalue weighted by Crippen LogP contribution is -2.13. The van der Waals surface area contributed by atoms with Gasteiger partial charge in [0.2, 0.25) is 0 Å². The van der Waals surface area contributed by atoms with Gasteiger partial charge in [0.05, 0.1) is 22.1 Å². The summed E-state index contributed by atoms with van der Waals surface area (Å²) in [5.41, 5.74) is -1.68. The molecule has 1 aliphatic carbocycles. The number of benzene rings is 1. The number of alkyl halides is 3. The molecule has 1 fully saturated rings. The van der Waals surface area contributed by atoms with E-state index in [1.165, 1.54) is 6.07 Å². The maximum atomic E-state index is 12.7. The van der Waals surface area contributed by atoms with E-state index in [0.29, 0.717) is 6.42 Å². The molecule has 2 atom stereocenters. The molecule has 2 rings (SSSR count). The molecule has 0 unspecified atom stereocenters. The van der Waals surface area contributed by atoms with Gasteiger partial charge in [-0.05, 0) is 24.1 Å². The van der Waals surface area contributed by atoms with Crippen LogP contribution in [0.3, 0.4) is 0 Å². The van der Waals surface area contributed by atoms with Crippen molar-refractivity contribution in [2.24, 2.45) is 5.92 Å². The summed E-state index contributed by atoms with van der Waals surface area (Å²) in [6.45, 7) is -0.211. The van der Waals surface area contributed by atoms with Gasteiger partial charge in [-0.3, -0.25) is 0 Å². The Morgan fingerprint density at radius 1 is 1.50 bits per heavy atom. The maximum absolute atomic E-state index is 12.7. The second-order valence-electron chi connectivity index (χ2n) is 4.36. The summed E-state index contributed by atoms with van der Waals surface area (Å²) in [4.78, 5) is 0. The smallest absolute Gasteiger partial charge is 0.396 e. The highest BCUT2D eigenvalue weighted by Crippen LogP contribution is 2.54. The summed E-state index contributed by atoms with van der Waals surface area (Å²) >= 11 is 5.51. The molecule has 0 spiro atoms. The van der Waals surface area contributed by atoms with Gasteiger partial charge in [0.15, 0.2) is 0 Å². The van der Waals surface area contributed by atoms with E-state index in [4.69, 9.17) is 22.0 Å². The molecule has 1 aromatic rings. The molecular formula is C12H9ClF3NO. The number of aliphatic hydroxyl groups excluding tert-OH is 1. The van der Waals surface area contributed by atoms with Gasteiger partial charge in [-0.15, -0.1) is 0 Å². The van der Waals surface area contributed by atoms with E-state index >= 15 is 0 Å². The number of nitriles is 1. The van der Waals surface area contributed by atoms with Crippen LogP contribution in [-0.2, 0) is 11.6 Å². The molecule has 0 amide bonds. The minimum atomic E-state index is -4.55. The third kappa shape index (κ3) is 1.96. The molecule has 0 saturated heterocycles. The molecule has 6 heteroatoms. The van der Waals surface area contributed by atoms with Gasteiger partial charge >= 0.3 is 6.18 Å². The first-order valence-corrected chi connectivity index (χ1v) is 5.62. The Morgan fingerprint density at radius 2 is 2.17 bits per heavy atom. The van der Waals surface area contributed by atoms with Crippen molar-refractivity contribution >= 4 is 11.6 Å². The van der Waals surface area contributed by atoms with E-state index in [1.807, 2.05) is 6.07 Å². The zero-order chi connectivity index (χ0) is 13.6. The number of halogens is 4. The van der Waals surface area contributed by atoms with Crippen LogP contribution >= 0.6 is 11.6 Å². The van der Waals surface area contributed by atoms with Gasteiger partial charge in [0.25, 0.3) is 0 Å². The quantitative estimate of drug-likeness (QED) is 0.901. The summed E-state index contributed by atoms with van der Waals surface area (Å²) < 4.78 is 38.1. The normalized spacial score (nSPS) is 26.8. The van der Waals surface area contributed by atoms with E-state index < -0.39 is 17.2 Å². The second-order valence-corrected chi connectivity index (χ2v) is 4.77. The van der Waals surface area contributed by atoms with Crippen molar-refractivity contribution in [3.8, 4) is 6.07 Å². The molecule has 96 valence electrons. The number of hydrogen-bond donors (Lipinski definition) is 1. The predicted octanol–water partition coefficient (Wildman–Crippen LogP) is 3.13. The summed E-state index contributed by atoms with van der Waals surface area (Å²) in [7, 11) is 0. The van der Waals surface area contributed by atoms with E-state index in [1.54, 1.807) is 0 Å². The Kier molecular flexibility index (Phi) is 3.04. The first-order valence-electron chi connectivity index (χ1n) is 5.24. The summed E-state index contributed by atoms with van der Waals surface area (Å²) in [5, 5.41) is 17.7. The summed E-state index contributed by atoms with van der Waals surface area (Å²) in [6.07, 6.45) is -4.17. The van der Waals surface area contributed by atoms with E-state index in [2.05, 4.69) is 0 Å². The van der Waals surface area contributed by atoms with Gasteiger partial charge in [-0.25, -0.2) is 0 Å². The molecule has 1 aliphatic rings. The zero-order valence-corrected chi connectivity index (χ0v) is 9.89. The van der Waals surface area contributed by atoms with Gasteiger partial charge in [-0.1, -0.05) is 17.7 Å². The molecule has 1 saturated carbocycles. The molecular weight excluding hydrogens is 267 g/mol. The van der Waals surface area contributed by atoms with Crippen LogP contribution < -0.4 is 0 Å². The van der Waals surface area contributed by atoms with E-state index in [-0.39, 0.29) is 23.1 Å². The Hall–Kier alpha value is -1.25. The van der Waals surface area contributed by atoms with Crippen LogP contribution in [0.1, 0.15) is 17.5 Å². The third-order valence-electron chi connectivity index (χ3n) is 3.31. The van der Waals surface area contributed by atoms with Crippen LogP contribution in [-0.4, -0.2) is 11.7 Å². The molecule has 18 heavy (non-hydrogen) atoms. The highest BCUT2D eigenvalue weighted by Gasteiger charge is 2.56. The highest BCUT2D eigenvalue weighted by atomic mass is 35.5. The topological polar surface area (TPSA) is 44.0 Å². The van der Waals surface area contributed by atoms with E-state index in [0.717, 1.165) is 12.1 Å². The number of rotatable bonds is 2. The van der Waals surface area contributed by atoms with Crippen molar-refractivity contribution in [1.82, 2.24) is 0 Å². The lowest BCUT2D eigenvalue weighted by Gasteiger charge is -2.14. The third-order valence-corrected chi connectivity index (χ3v) is 3.64.